The molecular formula is C42H60N8O14. The van der Waals surface area contributed by atoms with Gasteiger partial charge in [0.1, 0.15) is 13.1 Å². The van der Waals surface area contributed by atoms with Gasteiger partial charge in [-0.2, -0.15) is 0 Å². The van der Waals surface area contributed by atoms with Crippen molar-refractivity contribution in [2.75, 3.05) is 66.1 Å². The van der Waals surface area contributed by atoms with Crippen LogP contribution in [0, 0.1) is 11.8 Å². The van der Waals surface area contributed by atoms with Crippen LogP contribution in [0.3, 0.4) is 0 Å². The summed E-state index contributed by atoms with van der Waals surface area (Å²) in [5, 5.41) is 23.2. The number of nitrogen functional groups attached to an aromatic ring is 2. The Morgan fingerprint density at radius 1 is 0.547 bits per heavy atom. The standard InChI is InChI=1S/C28H38N6O6.C14H22N2O8/c1-33(25(35)31-15-19-7-11-23(29)12-8-19)27(37)39-17-21-3-5-22(6-4-21)18-40-28(38)34(2)26(36)32-16-20-9-13-24(30)14-10-20;1-23-13(21)15(7-11(17)18)9-3-5-10(6-4-9)16(8-12(19)20)14(22)24-2/h7-14,21-22H,3-6,15-18,29-30H2,1-2H3,(H,31,35)(H,32,36);9-10H,3-8H2,1-2H3,(H,17,18)(H,19,20)/t21-,22-;9-,10-. The number of carboxylic acids is 2. The molecule has 2 aliphatic carbocycles. The summed E-state index contributed by atoms with van der Waals surface area (Å²) < 4.78 is 19.9. The number of urea groups is 2. The molecule has 8 amide bonds. The molecule has 0 heterocycles. The lowest BCUT2D eigenvalue weighted by Crippen LogP contribution is -2.50. The third-order valence-electron chi connectivity index (χ3n) is 10.8. The molecule has 2 saturated carbocycles. The molecule has 64 heavy (non-hydrogen) atoms. The molecule has 0 unspecified atom stereocenters. The van der Waals surface area contributed by atoms with E-state index < -0.39 is 61.5 Å². The Labute approximate surface area is 371 Å². The molecule has 0 saturated heterocycles. The molecule has 2 aliphatic rings. The van der Waals surface area contributed by atoms with Crippen LogP contribution in [-0.2, 0) is 41.6 Å². The topological polar surface area (TPSA) is 303 Å². The first-order valence-electron chi connectivity index (χ1n) is 20.6. The van der Waals surface area contributed by atoms with Crippen molar-refractivity contribution in [1.82, 2.24) is 30.2 Å². The minimum Gasteiger partial charge on any atom is -0.480 e. The van der Waals surface area contributed by atoms with E-state index in [1.54, 1.807) is 48.5 Å². The first-order chi connectivity index (χ1) is 30.4. The molecule has 2 aromatic rings. The number of carboxylic acid groups (broad SMARTS) is 2. The maximum Gasteiger partial charge on any atom is 0.417 e. The summed E-state index contributed by atoms with van der Waals surface area (Å²) in [4.78, 5) is 98.5. The van der Waals surface area contributed by atoms with Crippen LogP contribution in [0.4, 0.5) is 40.1 Å². The largest absolute Gasteiger partial charge is 0.480 e. The quantitative estimate of drug-likeness (QED) is 0.112. The molecule has 2 fully saturated rings. The summed E-state index contributed by atoms with van der Waals surface area (Å²) in [7, 11) is 5.07. The van der Waals surface area contributed by atoms with Crippen LogP contribution < -0.4 is 22.1 Å². The molecule has 0 aromatic heterocycles. The molecule has 0 aliphatic heterocycles. The van der Waals surface area contributed by atoms with Crippen molar-refractivity contribution < 1.29 is 67.5 Å². The minimum atomic E-state index is -1.15. The number of hydrogen-bond acceptors (Lipinski definition) is 14. The molecule has 352 valence electrons. The summed E-state index contributed by atoms with van der Waals surface area (Å²) in [6.07, 6.45) is 2.00. The summed E-state index contributed by atoms with van der Waals surface area (Å²) in [6, 6.07) is 12.3. The Kier molecular flexibility index (Phi) is 20.7. The van der Waals surface area contributed by atoms with Crippen LogP contribution in [0.25, 0.3) is 0 Å². The van der Waals surface area contributed by atoms with Crippen molar-refractivity contribution in [1.29, 1.82) is 0 Å². The van der Waals surface area contributed by atoms with E-state index in [9.17, 15) is 38.4 Å². The van der Waals surface area contributed by atoms with E-state index in [0.29, 0.717) is 37.1 Å². The normalized spacial score (nSPS) is 17.7. The van der Waals surface area contributed by atoms with Gasteiger partial charge < -0.3 is 51.3 Å². The van der Waals surface area contributed by atoms with E-state index in [4.69, 9.17) is 31.2 Å². The predicted molar refractivity (Wildman–Crippen MR) is 229 cm³/mol. The van der Waals surface area contributed by atoms with Crippen LogP contribution in [0.2, 0.25) is 0 Å². The van der Waals surface area contributed by atoms with Gasteiger partial charge in [-0.25, -0.2) is 38.6 Å². The molecule has 4 rings (SSSR count). The monoisotopic (exact) mass is 900 g/mol. The number of nitrogens with zero attached hydrogens (tertiary/aromatic N) is 4. The predicted octanol–water partition coefficient (Wildman–Crippen LogP) is 4.52. The lowest BCUT2D eigenvalue weighted by Gasteiger charge is -2.38. The van der Waals surface area contributed by atoms with Crippen LogP contribution in [0.1, 0.15) is 62.5 Å². The number of anilines is 2. The third-order valence-corrected chi connectivity index (χ3v) is 10.8. The van der Waals surface area contributed by atoms with Gasteiger partial charge in [0.15, 0.2) is 0 Å². The highest BCUT2D eigenvalue weighted by molar-refractivity contribution is 5.91. The van der Waals surface area contributed by atoms with Crippen molar-refractivity contribution >= 4 is 59.7 Å². The number of carbonyl (C=O) groups excluding carboxylic acids is 6. The second-order valence-electron chi connectivity index (χ2n) is 15.4. The second kappa shape index (κ2) is 25.8. The Hall–Kier alpha value is -7.00. The van der Waals surface area contributed by atoms with E-state index in [0.717, 1.165) is 56.4 Å². The molecule has 0 spiro atoms. The van der Waals surface area contributed by atoms with Crippen molar-refractivity contribution in [2.24, 2.45) is 11.8 Å². The number of methoxy groups -OCH3 is 2. The van der Waals surface area contributed by atoms with Gasteiger partial charge in [0, 0.05) is 50.6 Å². The van der Waals surface area contributed by atoms with Gasteiger partial charge in [0.25, 0.3) is 0 Å². The number of hydrogen-bond donors (Lipinski definition) is 6. The van der Waals surface area contributed by atoms with Gasteiger partial charge in [-0.1, -0.05) is 24.3 Å². The summed E-state index contributed by atoms with van der Waals surface area (Å²) in [5.74, 6) is -1.98. The molecule has 0 radical (unpaired) electrons. The molecule has 0 atom stereocenters. The number of aliphatic carboxylic acids is 2. The first kappa shape index (κ1) is 51.4. The van der Waals surface area contributed by atoms with Crippen molar-refractivity contribution in [2.45, 2.75) is 76.5 Å². The number of amides is 8. The summed E-state index contributed by atoms with van der Waals surface area (Å²) >= 11 is 0. The Morgan fingerprint density at radius 3 is 1.14 bits per heavy atom. The fraction of sp³-hybridized carbons (Fsp3) is 0.524. The van der Waals surface area contributed by atoms with Gasteiger partial charge in [-0.05, 0) is 98.6 Å². The highest BCUT2D eigenvalue weighted by Crippen LogP contribution is 2.30. The van der Waals surface area contributed by atoms with Crippen molar-refractivity contribution in [3.63, 3.8) is 0 Å². The van der Waals surface area contributed by atoms with E-state index in [-0.39, 0.29) is 50.2 Å². The summed E-state index contributed by atoms with van der Waals surface area (Å²) in [5.41, 5.74) is 14.3. The number of carbonyl (C=O) groups is 8. The smallest absolute Gasteiger partial charge is 0.417 e. The lowest BCUT2D eigenvalue weighted by atomic mass is 9.83. The maximum atomic E-state index is 12.3. The fourth-order valence-electron chi connectivity index (χ4n) is 7.06. The van der Waals surface area contributed by atoms with Gasteiger partial charge in [-0.3, -0.25) is 19.4 Å². The van der Waals surface area contributed by atoms with Gasteiger partial charge >= 0.3 is 48.4 Å². The van der Waals surface area contributed by atoms with Gasteiger partial charge in [0.2, 0.25) is 0 Å². The molecule has 8 N–H and O–H groups in total. The second-order valence-corrected chi connectivity index (χ2v) is 15.4. The van der Waals surface area contributed by atoms with E-state index in [1.807, 2.05) is 0 Å². The fourth-order valence-corrected chi connectivity index (χ4v) is 7.06. The Bertz CT molecular complexity index is 1750. The molecule has 22 nitrogen and oxygen atoms in total. The van der Waals surface area contributed by atoms with Gasteiger partial charge in [-0.15, -0.1) is 0 Å². The van der Waals surface area contributed by atoms with Gasteiger partial charge in [0.05, 0.1) is 27.4 Å². The molecule has 2 aromatic carbocycles. The van der Waals surface area contributed by atoms with Crippen molar-refractivity contribution in [3.05, 3.63) is 59.7 Å². The van der Waals surface area contributed by atoms with E-state index in [2.05, 4.69) is 20.1 Å². The van der Waals surface area contributed by atoms with Crippen molar-refractivity contribution in [3.8, 4) is 0 Å². The molecular weight excluding hydrogens is 841 g/mol. The first-order valence-corrected chi connectivity index (χ1v) is 20.6. The van der Waals surface area contributed by atoms with Crippen LogP contribution in [-0.4, -0.2) is 145 Å². The zero-order chi connectivity index (χ0) is 47.3. The van der Waals surface area contributed by atoms with Crippen LogP contribution in [0.15, 0.2) is 48.5 Å². The molecule has 0 bridgehead atoms. The average molecular weight is 901 g/mol. The number of nitrogens with two attached hydrogens (primary N) is 2. The Morgan fingerprint density at radius 2 is 0.859 bits per heavy atom. The highest BCUT2D eigenvalue weighted by Gasteiger charge is 2.35. The maximum absolute atomic E-state index is 12.3. The Balaban J connectivity index is 0.000000388. The van der Waals surface area contributed by atoms with E-state index in [1.165, 1.54) is 28.3 Å². The number of rotatable bonds is 14. The zero-order valence-corrected chi connectivity index (χ0v) is 36.6. The average Bonchev–Trinajstić information content (AvgIpc) is 3.29. The number of ether oxygens (including phenoxy) is 4. The number of benzene rings is 2. The number of nitrogens with one attached hydrogen (secondary N) is 2. The zero-order valence-electron chi connectivity index (χ0n) is 36.6. The van der Waals surface area contributed by atoms with E-state index >= 15 is 0 Å². The van der Waals surface area contributed by atoms with Crippen LogP contribution >= 0.6 is 0 Å². The highest BCUT2D eigenvalue weighted by atomic mass is 16.6. The molecule has 22 heteroatoms. The third kappa shape index (κ3) is 17.0. The number of imide groups is 2. The van der Waals surface area contributed by atoms with Crippen LogP contribution in [0.5, 0.6) is 0 Å². The lowest BCUT2D eigenvalue weighted by molar-refractivity contribution is -0.140. The minimum absolute atomic E-state index is 0.156. The summed E-state index contributed by atoms with van der Waals surface area (Å²) in [6.45, 7) is -0.0177. The SMILES string of the molecule is CN(C(=O)NCc1ccc(N)cc1)C(=O)OC[C@H]1CC[C@H](COC(=O)N(C)C(=O)NCc2ccc(N)cc2)CC1.COC(=O)N(CC(=O)O)[C@H]1CC[C@H](N(CC(=O)O)C(=O)OC)CC1.